The number of rotatable bonds is 8. The van der Waals surface area contributed by atoms with Crippen LogP contribution in [0.4, 0.5) is 0 Å². The fourth-order valence-corrected chi connectivity index (χ4v) is 4.56. The average molecular weight is 464 g/mol. The van der Waals surface area contributed by atoms with Crippen molar-refractivity contribution in [3.63, 3.8) is 0 Å². The molecule has 0 saturated carbocycles. The highest BCUT2D eigenvalue weighted by Crippen LogP contribution is 2.41. The monoisotopic (exact) mass is 463 g/mol. The fourth-order valence-electron chi connectivity index (χ4n) is 3.85. The predicted octanol–water partition coefficient (Wildman–Crippen LogP) is 5.17. The minimum Gasteiger partial charge on any atom is -0.507 e. The number of nitrogens with zero attached hydrogens (tertiary/aromatic N) is 1. The Hall–Kier alpha value is -3.58. The number of Topliss-reactive ketones (excluding diaryl/α,β-unsaturated/α-hetero) is 1. The highest BCUT2D eigenvalue weighted by atomic mass is 32.1. The molecule has 1 aliphatic heterocycles. The highest BCUT2D eigenvalue weighted by Gasteiger charge is 2.46. The van der Waals surface area contributed by atoms with Crippen molar-refractivity contribution in [1.82, 2.24) is 4.90 Å². The summed E-state index contributed by atoms with van der Waals surface area (Å²) in [6.07, 6.45) is 0.849. The van der Waals surface area contributed by atoms with Crippen LogP contribution in [-0.4, -0.2) is 35.4 Å². The van der Waals surface area contributed by atoms with Gasteiger partial charge in [-0.05, 0) is 47.7 Å². The van der Waals surface area contributed by atoms with E-state index in [-0.39, 0.29) is 17.9 Å². The molecule has 6 nitrogen and oxygen atoms in total. The van der Waals surface area contributed by atoms with E-state index in [1.165, 1.54) is 16.2 Å². The Morgan fingerprint density at radius 3 is 2.52 bits per heavy atom. The Labute approximate surface area is 196 Å². The summed E-state index contributed by atoms with van der Waals surface area (Å²) in [5.74, 6) is -0.303. The van der Waals surface area contributed by atoms with Gasteiger partial charge in [-0.2, -0.15) is 0 Å². The summed E-state index contributed by atoms with van der Waals surface area (Å²) in [5.41, 5.74) is 1.21. The van der Waals surface area contributed by atoms with Gasteiger partial charge in [-0.15, -0.1) is 11.3 Å². The van der Waals surface area contributed by atoms with E-state index < -0.39 is 17.7 Å². The first-order valence-corrected chi connectivity index (χ1v) is 11.6. The number of aliphatic hydroxyl groups excluding tert-OH is 1. The number of hydrogen-bond donors (Lipinski definition) is 1. The van der Waals surface area contributed by atoms with Crippen LogP contribution in [0.25, 0.3) is 5.76 Å². The van der Waals surface area contributed by atoms with Crippen LogP contribution in [0.15, 0.2) is 71.6 Å². The third-order valence-corrected chi connectivity index (χ3v) is 6.32. The molecule has 3 aromatic rings. The zero-order valence-electron chi connectivity index (χ0n) is 18.5. The number of ketones is 1. The lowest BCUT2D eigenvalue weighted by molar-refractivity contribution is -0.140. The molecule has 0 spiro atoms. The molecule has 1 saturated heterocycles. The molecule has 1 fully saturated rings. The number of amides is 1. The van der Waals surface area contributed by atoms with Gasteiger partial charge in [0.15, 0.2) is 0 Å². The molecule has 0 bridgehead atoms. The Kier molecular flexibility index (Phi) is 6.79. The molecule has 1 atom stereocenters. The summed E-state index contributed by atoms with van der Waals surface area (Å²) in [4.78, 5) is 28.7. The Morgan fingerprint density at radius 1 is 1.06 bits per heavy atom. The average Bonchev–Trinajstić information content (AvgIpc) is 3.45. The van der Waals surface area contributed by atoms with Gasteiger partial charge in [-0.3, -0.25) is 9.59 Å². The van der Waals surface area contributed by atoms with E-state index in [0.29, 0.717) is 29.2 Å². The molecule has 0 aliphatic carbocycles. The molecule has 2 heterocycles. The number of likely N-dealkylation sites (tertiary alicyclic amines) is 1. The van der Waals surface area contributed by atoms with E-state index in [1.807, 2.05) is 36.6 Å². The molecule has 0 radical (unpaired) electrons. The first kappa shape index (κ1) is 22.6. The Bertz CT molecular complexity index is 1170. The number of methoxy groups -OCH3 is 1. The second-order valence-electron chi connectivity index (χ2n) is 7.66. The lowest BCUT2D eigenvalue weighted by Gasteiger charge is -2.25. The molecule has 33 heavy (non-hydrogen) atoms. The van der Waals surface area contributed by atoms with Crippen LogP contribution in [0.1, 0.15) is 35.4 Å². The smallest absolute Gasteiger partial charge is 0.295 e. The molecule has 1 aromatic heterocycles. The molecule has 1 aliphatic rings. The van der Waals surface area contributed by atoms with Crippen molar-refractivity contribution in [2.45, 2.75) is 25.9 Å². The summed E-state index contributed by atoms with van der Waals surface area (Å²) in [7, 11) is 1.57. The normalized spacial score (nSPS) is 17.4. The summed E-state index contributed by atoms with van der Waals surface area (Å²) in [6.45, 7) is 2.82. The highest BCUT2D eigenvalue weighted by molar-refractivity contribution is 7.09. The van der Waals surface area contributed by atoms with Gasteiger partial charge in [0.2, 0.25) is 0 Å². The lowest BCUT2D eigenvalue weighted by Crippen LogP contribution is -2.28. The van der Waals surface area contributed by atoms with Crippen LogP contribution in [0.3, 0.4) is 0 Å². The SMILES string of the molecule is CCCOc1cccc(/C(O)=C2/C(=O)C(=O)N(Cc3cccs3)C2c2ccc(OC)cc2)c1. The minimum atomic E-state index is -0.724. The number of ether oxygens (including phenoxy) is 2. The maximum absolute atomic E-state index is 13.2. The van der Waals surface area contributed by atoms with Crippen molar-refractivity contribution in [2.24, 2.45) is 0 Å². The van der Waals surface area contributed by atoms with Crippen molar-refractivity contribution < 1.29 is 24.2 Å². The molecule has 1 N–H and O–H groups in total. The van der Waals surface area contributed by atoms with Crippen LogP contribution in [0, 0.1) is 0 Å². The maximum Gasteiger partial charge on any atom is 0.295 e. The molecule has 2 aromatic carbocycles. The van der Waals surface area contributed by atoms with Gasteiger partial charge in [0.1, 0.15) is 17.3 Å². The number of hydrogen-bond acceptors (Lipinski definition) is 6. The summed E-state index contributed by atoms with van der Waals surface area (Å²) >= 11 is 1.51. The topological polar surface area (TPSA) is 76.1 Å². The molecule has 1 unspecified atom stereocenters. The number of carbonyl (C=O) groups excluding carboxylic acids is 2. The van der Waals surface area contributed by atoms with Crippen molar-refractivity contribution in [3.8, 4) is 11.5 Å². The third kappa shape index (κ3) is 4.64. The van der Waals surface area contributed by atoms with Crippen LogP contribution in [0.2, 0.25) is 0 Å². The van der Waals surface area contributed by atoms with E-state index in [0.717, 1.165) is 11.3 Å². The molecule has 1 amide bonds. The summed E-state index contributed by atoms with van der Waals surface area (Å²) < 4.78 is 10.9. The van der Waals surface area contributed by atoms with E-state index >= 15 is 0 Å². The van der Waals surface area contributed by atoms with Crippen molar-refractivity contribution in [3.05, 3.63) is 87.6 Å². The summed E-state index contributed by atoms with van der Waals surface area (Å²) in [5, 5.41) is 13.2. The standard InChI is InChI=1S/C26H25NO5S/c1-3-13-32-20-7-4-6-18(15-20)24(28)22-23(17-9-11-19(31-2)12-10-17)27(26(30)25(22)29)16-21-8-5-14-33-21/h4-12,14-15,23,28H,3,13,16H2,1-2H3/b24-22-. The van der Waals surface area contributed by atoms with E-state index in [9.17, 15) is 14.7 Å². The van der Waals surface area contributed by atoms with Crippen molar-refractivity contribution >= 4 is 28.8 Å². The van der Waals surface area contributed by atoms with E-state index in [1.54, 1.807) is 43.5 Å². The molecule has 170 valence electrons. The molecule has 4 rings (SSSR count). The summed E-state index contributed by atoms with van der Waals surface area (Å²) in [6, 6.07) is 17.2. The van der Waals surface area contributed by atoms with E-state index in [4.69, 9.17) is 9.47 Å². The number of thiophene rings is 1. The molecule has 7 heteroatoms. The van der Waals surface area contributed by atoms with Gasteiger partial charge in [0.25, 0.3) is 11.7 Å². The Morgan fingerprint density at radius 2 is 1.85 bits per heavy atom. The van der Waals surface area contributed by atoms with Gasteiger partial charge >= 0.3 is 0 Å². The number of aliphatic hydroxyl groups is 1. The zero-order chi connectivity index (χ0) is 23.4. The van der Waals surface area contributed by atoms with E-state index in [2.05, 4.69) is 0 Å². The van der Waals surface area contributed by atoms with Gasteiger partial charge < -0.3 is 19.5 Å². The van der Waals surface area contributed by atoms with Crippen LogP contribution >= 0.6 is 11.3 Å². The van der Waals surface area contributed by atoms with Crippen LogP contribution < -0.4 is 9.47 Å². The van der Waals surface area contributed by atoms with Gasteiger partial charge in [-0.25, -0.2) is 0 Å². The molecular formula is C26H25NO5S. The third-order valence-electron chi connectivity index (χ3n) is 5.46. The molecular weight excluding hydrogens is 438 g/mol. The predicted molar refractivity (Wildman–Crippen MR) is 127 cm³/mol. The number of benzene rings is 2. The zero-order valence-corrected chi connectivity index (χ0v) is 19.3. The Balaban J connectivity index is 1.81. The minimum absolute atomic E-state index is 0.0642. The van der Waals surface area contributed by atoms with Crippen LogP contribution in [0.5, 0.6) is 11.5 Å². The van der Waals surface area contributed by atoms with Crippen molar-refractivity contribution in [2.75, 3.05) is 13.7 Å². The lowest BCUT2D eigenvalue weighted by atomic mass is 9.95. The second-order valence-corrected chi connectivity index (χ2v) is 8.69. The van der Waals surface area contributed by atoms with Crippen molar-refractivity contribution in [1.29, 1.82) is 0 Å². The number of carbonyl (C=O) groups is 2. The van der Waals surface area contributed by atoms with Crippen LogP contribution in [-0.2, 0) is 16.1 Å². The second kappa shape index (κ2) is 9.92. The maximum atomic E-state index is 13.2. The first-order valence-electron chi connectivity index (χ1n) is 10.7. The van der Waals surface area contributed by atoms with Gasteiger partial charge in [0.05, 0.1) is 31.9 Å². The van der Waals surface area contributed by atoms with Gasteiger partial charge in [-0.1, -0.05) is 37.3 Å². The quantitative estimate of drug-likeness (QED) is 0.283. The largest absolute Gasteiger partial charge is 0.507 e. The first-order chi connectivity index (χ1) is 16.0. The van der Waals surface area contributed by atoms with Gasteiger partial charge in [0, 0.05) is 10.4 Å². The fraction of sp³-hybridized carbons (Fsp3) is 0.231.